The third kappa shape index (κ3) is 5.55. The van der Waals surface area contributed by atoms with E-state index >= 15 is 0 Å². The second-order valence-electron chi connectivity index (χ2n) is 7.76. The van der Waals surface area contributed by atoms with Gasteiger partial charge in [0.2, 0.25) is 0 Å². The Labute approximate surface area is 156 Å². The standard InChI is InChI=1S/C21H31N3O2/c25-20(23-17-9-5-1-2-6-10-17)16-13-14-19(22-15-16)21(26)24-18-11-7-3-4-8-12-18/h13-15,17-18H,1-12H2,(H,23,25)(H,24,26). The van der Waals surface area contributed by atoms with Crippen LogP contribution in [0.1, 0.15) is 97.9 Å². The maximum absolute atomic E-state index is 12.4. The van der Waals surface area contributed by atoms with Gasteiger partial charge in [0.25, 0.3) is 11.8 Å². The van der Waals surface area contributed by atoms with Gasteiger partial charge in [0.1, 0.15) is 5.69 Å². The normalized spacial score (nSPS) is 20.0. The molecule has 142 valence electrons. The molecule has 1 aromatic rings. The topological polar surface area (TPSA) is 71.1 Å². The fourth-order valence-electron chi connectivity index (χ4n) is 4.04. The molecule has 2 aliphatic carbocycles. The first kappa shape index (κ1) is 18.9. The monoisotopic (exact) mass is 357 g/mol. The van der Waals surface area contributed by atoms with E-state index in [1.165, 1.54) is 57.6 Å². The fraction of sp³-hybridized carbons (Fsp3) is 0.667. The maximum atomic E-state index is 12.4. The molecule has 2 amide bonds. The number of aromatic nitrogens is 1. The van der Waals surface area contributed by atoms with Crippen LogP contribution in [0.3, 0.4) is 0 Å². The van der Waals surface area contributed by atoms with E-state index in [0.717, 1.165) is 25.7 Å². The highest BCUT2D eigenvalue weighted by atomic mass is 16.2. The lowest BCUT2D eigenvalue weighted by Crippen LogP contribution is -2.35. The van der Waals surface area contributed by atoms with Gasteiger partial charge < -0.3 is 10.6 Å². The number of carbonyl (C=O) groups is 2. The zero-order valence-electron chi connectivity index (χ0n) is 15.6. The van der Waals surface area contributed by atoms with Gasteiger partial charge >= 0.3 is 0 Å². The molecule has 2 saturated carbocycles. The van der Waals surface area contributed by atoms with Gasteiger partial charge in [-0.15, -0.1) is 0 Å². The van der Waals surface area contributed by atoms with Crippen molar-refractivity contribution in [2.75, 3.05) is 0 Å². The van der Waals surface area contributed by atoms with Crippen molar-refractivity contribution in [1.82, 2.24) is 15.6 Å². The van der Waals surface area contributed by atoms with Crippen molar-refractivity contribution >= 4 is 11.8 Å². The molecule has 1 aromatic heterocycles. The van der Waals surface area contributed by atoms with Crippen LogP contribution >= 0.6 is 0 Å². The maximum Gasteiger partial charge on any atom is 0.270 e. The first-order chi connectivity index (χ1) is 12.7. The molecule has 2 N–H and O–H groups in total. The number of hydrogen-bond acceptors (Lipinski definition) is 3. The zero-order valence-corrected chi connectivity index (χ0v) is 15.6. The Morgan fingerprint density at radius 3 is 1.69 bits per heavy atom. The van der Waals surface area contributed by atoms with Crippen LogP contribution in [0, 0.1) is 0 Å². The number of amides is 2. The minimum Gasteiger partial charge on any atom is -0.349 e. The Morgan fingerprint density at radius 2 is 1.23 bits per heavy atom. The molecule has 0 saturated heterocycles. The summed E-state index contributed by atoms with van der Waals surface area (Å²) in [5.74, 6) is -0.215. The van der Waals surface area contributed by atoms with Crippen molar-refractivity contribution in [3.63, 3.8) is 0 Å². The number of carbonyl (C=O) groups excluding carboxylic acids is 2. The smallest absolute Gasteiger partial charge is 0.270 e. The number of nitrogens with zero attached hydrogens (tertiary/aromatic N) is 1. The van der Waals surface area contributed by atoms with Crippen LogP contribution in [0.4, 0.5) is 0 Å². The van der Waals surface area contributed by atoms with Crippen molar-refractivity contribution in [2.45, 2.75) is 89.1 Å². The van der Waals surface area contributed by atoms with Crippen LogP contribution in [0.15, 0.2) is 18.3 Å². The Hall–Kier alpha value is -1.91. The lowest BCUT2D eigenvalue weighted by molar-refractivity contribution is 0.0917. The Kier molecular flexibility index (Phi) is 7.04. The van der Waals surface area contributed by atoms with Crippen LogP contribution in [-0.4, -0.2) is 28.9 Å². The third-order valence-electron chi connectivity index (χ3n) is 5.64. The Bertz CT molecular complexity index is 531. The fourth-order valence-corrected chi connectivity index (χ4v) is 4.04. The molecule has 0 radical (unpaired) electrons. The predicted molar refractivity (Wildman–Crippen MR) is 102 cm³/mol. The van der Waals surface area contributed by atoms with Crippen molar-refractivity contribution in [1.29, 1.82) is 0 Å². The molecule has 5 nitrogen and oxygen atoms in total. The Morgan fingerprint density at radius 1 is 0.731 bits per heavy atom. The van der Waals surface area contributed by atoms with Crippen LogP contribution in [0.5, 0.6) is 0 Å². The van der Waals surface area contributed by atoms with Crippen LogP contribution in [0.25, 0.3) is 0 Å². The molecule has 0 unspecified atom stereocenters. The van der Waals surface area contributed by atoms with Gasteiger partial charge in [0.05, 0.1) is 5.56 Å². The molecule has 0 atom stereocenters. The molecular formula is C21H31N3O2. The number of pyridine rings is 1. The summed E-state index contributed by atoms with van der Waals surface area (Å²) >= 11 is 0. The van der Waals surface area contributed by atoms with E-state index in [2.05, 4.69) is 15.6 Å². The molecule has 26 heavy (non-hydrogen) atoms. The average Bonchev–Trinajstić information content (AvgIpc) is 3.07. The lowest BCUT2D eigenvalue weighted by atomic mass is 10.1. The highest BCUT2D eigenvalue weighted by molar-refractivity contribution is 5.96. The van der Waals surface area contributed by atoms with E-state index in [9.17, 15) is 9.59 Å². The van der Waals surface area contributed by atoms with Crippen LogP contribution in [0.2, 0.25) is 0 Å². The van der Waals surface area contributed by atoms with E-state index < -0.39 is 0 Å². The summed E-state index contributed by atoms with van der Waals surface area (Å²) in [7, 11) is 0. The summed E-state index contributed by atoms with van der Waals surface area (Å²) in [6.45, 7) is 0. The molecule has 0 spiro atoms. The summed E-state index contributed by atoms with van der Waals surface area (Å²) in [6, 6.07) is 3.89. The molecule has 2 aliphatic rings. The van der Waals surface area contributed by atoms with Gasteiger partial charge in [-0.25, -0.2) is 0 Å². The largest absolute Gasteiger partial charge is 0.349 e. The lowest BCUT2D eigenvalue weighted by Gasteiger charge is -2.17. The summed E-state index contributed by atoms with van der Waals surface area (Å²) < 4.78 is 0. The van der Waals surface area contributed by atoms with E-state index in [1.807, 2.05) is 0 Å². The van der Waals surface area contributed by atoms with Crippen molar-refractivity contribution < 1.29 is 9.59 Å². The molecule has 1 heterocycles. The molecule has 5 heteroatoms. The highest BCUT2D eigenvalue weighted by Gasteiger charge is 2.18. The minimum atomic E-state index is -0.132. The van der Waals surface area contributed by atoms with E-state index in [-0.39, 0.29) is 23.9 Å². The summed E-state index contributed by atoms with van der Waals surface area (Å²) in [5, 5.41) is 6.21. The van der Waals surface area contributed by atoms with E-state index in [0.29, 0.717) is 11.3 Å². The molecule has 0 aromatic carbocycles. The van der Waals surface area contributed by atoms with Crippen molar-refractivity contribution in [2.24, 2.45) is 0 Å². The van der Waals surface area contributed by atoms with Gasteiger partial charge in [-0.2, -0.15) is 0 Å². The highest BCUT2D eigenvalue weighted by Crippen LogP contribution is 2.18. The summed E-state index contributed by atoms with van der Waals surface area (Å²) in [5.41, 5.74) is 0.917. The first-order valence-electron chi connectivity index (χ1n) is 10.3. The number of rotatable bonds is 4. The average molecular weight is 357 g/mol. The summed E-state index contributed by atoms with van der Waals surface area (Å²) in [6.07, 6.45) is 15.5. The second-order valence-corrected chi connectivity index (χ2v) is 7.76. The van der Waals surface area contributed by atoms with Gasteiger partial charge in [-0.1, -0.05) is 51.4 Å². The molecule has 2 fully saturated rings. The van der Waals surface area contributed by atoms with Gasteiger partial charge in [0.15, 0.2) is 0 Å². The van der Waals surface area contributed by atoms with Gasteiger partial charge in [0, 0.05) is 18.3 Å². The second kappa shape index (κ2) is 9.70. The van der Waals surface area contributed by atoms with Crippen molar-refractivity contribution in [3.05, 3.63) is 29.6 Å². The molecule has 0 bridgehead atoms. The summed E-state index contributed by atoms with van der Waals surface area (Å²) in [4.78, 5) is 29.0. The number of nitrogens with one attached hydrogen (secondary N) is 2. The minimum absolute atomic E-state index is 0.0832. The quantitative estimate of drug-likeness (QED) is 0.801. The predicted octanol–water partition coefficient (Wildman–Crippen LogP) is 3.99. The van der Waals surface area contributed by atoms with E-state index in [1.54, 1.807) is 12.1 Å². The first-order valence-corrected chi connectivity index (χ1v) is 10.3. The van der Waals surface area contributed by atoms with Crippen LogP contribution < -0.4 is 10.6 Å². The number of hydrogen-bond donors (Lipinski definition) is 2. The van der Waals surface area contributed by atoms with Gasteiger partial charge in [-0.3, -0.25) is 14.6 Å². The molecular weight excluding hydrogens is 326 g/mol. The Balaban J connectivity index is 1.53. The van der Waals surface area contributed by atoms with E-state index in [4.69, 9.17) is 0 Å². The SMILES string of the molecule is O=C(NC1CCCCCC1)c1ccc(C(=O)NC2CCCCCC2)nc1. The zero-order chi connectivity index (χ0) is 18.2. The third-order valence-corrected chi connectivity index (χ3v) is 5.64. The van der Waals surface area contributed by atoms with Gasteiger partial charge in [-0.05, 0) is 37.8 Å². The molecule has 3 rings (SSSR count). The molecule has 0 aliphatic heterocycles. The van der Waals surface area contributed by atoms with Crippen LogP contribution in [-0.2, 0) is 0 Å². The van der Waals surface area contributed by atoms with Crippen molar-refractivity contribution in [3.8, 4) is 0 Å².